The largest absolute Gasteiger partial charge is 0.307 e. The lowest BCUT2D eigenvalue weighted by molar-refractivity contribution is 0.394. The van der Waals surface area contributed by atoms with E-state index >= 15 is 0 Å². The van der Waals surface area contributed by atoms with Crippen LogP contribution in [0.4, 0.5) is 0 Å². The molecule has 9 rings (SSSR count). The summed E-state index contributed by atoms with van der Waals surface area (Å²) in [5.41, 5.74) is 9.07. The lowest BCUT2D eigenvalue weighted by Crippen LogP contribution is -2.24. The van der Waals surface area contributed by atoms with Gasteiger partial charge in [-0.2, -0.15) is 5.26 Å². The Morgan fingerprint density at radius 1 is 0.721 bits per heavy atom. The van der Waals surface area contributed by atoms with Gasteiger partial charge in [0.05, 0.1) is 22.3 Å². The molecule has 0 spiro atoms. The van der Waals surface area contributed by atoms with Crippen molar-refractivity contribution in [3.05, 3.63) is 138 Å². The van der Waals surface area contributed by atoms with Crippen LogP contribution in [0.2, 0.25) is 0 Å². The van der Waals surface area contributed by atoms with Crippen LogP contribution in [-0.4, -0.2) is 4.57 Å². The number of allylic oxidation sites excluding steroid dienone is 4. The number of hydrogen-bond acceptors (Lipinski definition) is 2. The highest BCUT2D eigenvalue weighted by molar-refractivity contribution is 7.25. The second kappa shape index (κ2) is 8.80. The highest BCUT2D eigenvalue weighted by atomic mass is 32.1. The molecule has 0 N–H and O–H groups in total. The fourth-order valence-corrected chi connectivity index (χ4v) is 9.05. The summed E-state index contributed by atoms with van der Waals surface area (Å²) in [5.74, 6) is 0.949. The zero-order valence-corrected chi connectivity index (χ0v) is 24.8. The first-order valence-electron chi connectivity index (χ1n) is 14.9. The number of nitrogens with zero attached hydrogens (tertiary/aromatic N) is 2. The molecular formula is C40H28N2S. The molecule has 2 unspecified atom stereocenters. The van der Waals surface area contributed by atoms with Gasteiger partial charge in [0.2, 0.25) is 0 Å². The maximum atomic E-state index is 10.3. The molecule has 3 heteroatoms. The molecule has 0 saturated carbocycles. The number of rotatable bonds is 2. The summed E-state index contributed by atoms with van der Waals surface area (Å²) < 4.78 is 4.90. The Hall–Kier alpha value is -4.91. The predicted molar refractivity (Wildman–Crippen MR) is 181 cm³/mol. The van der Waals surface area contributed by atoms with Crippen LogP contribution < -0.4 is 0 Å². The first-order chi connectivity index (χ1) is 21.0. The number of hydrogen-bond donors (Lipinski definition) is 0. The van der Waals surface area contributed by atoms with E-state index in [2.05, 4.69) is 134 Å². The first kappa shape index (κ1) is 24.7. The molecule has 2 nitrogen and oxygen atoms in total. The number of aromatic nitrogens is 1. The summed E-state index contributed by atoms with van der Waals surface area (Å²) in [6.45, 7) is 4.80. The minimum absolute atomic E-state index is 0.103. The van der Waals surface area contributed by atoms with Gasteiger partial charge in [0.25, 0.3) is 0 Å². The topological polar surface area (TPSA) is 28.7 Å². The molecular weight excluding hydrogens is 541 g/mol. The Morgan fingerprint density at radius 2 is 1.44 bits per heavy atom. The Balaban J connectivity index is 1.27. The molecule has 0 bridgehead atoms. The SMILES string of the molecule is CC1(C)c2cc3sc4cc(-c5cccc(C#N)c5-n5c6ccccc6c6ccccc65)ccc4c3cc2C2C=CC=CC21. The van der Waals surface area contributed by atoms with E-state index in [1.54, 1.807) is 0 Å². The highest BCUT2D eigenvalue weighted by Gasteiger charge is 2.44. The second-order valence-electron chi connectivity index (χ2n) is 12.5. The highest BCUT2D eigenvalue weighted by Crippen LogP contribution is 2.55. The standard InChI is InChI=1S/C40H28N2S/c1-40(2)33-15-6-3-11-27(33)31-21-32-30-19-18-24(20-37(30)43-38(32)22-34(31)40)26-14-9-10-25(23-41)39(26)42-35-16-7-4-12-28(35)29-13-5-8-17-36(29)42/h3-22,27,33H,1-2H3. The summed E-state index contributed by atoms with van der Waals surface area (Å²) in [5, 5.41) is 15.4. The normalized spacial score (nSPS) is 18.4. The lowest BCUT2D eigenvalue weighted by Gasteiger charge is -2.29. The molecule has 2 aliphatic rings. The van der Waals surface area contributed by atoms with Gasteiger partial charge in [0, 0.05) is 42.4 Å². The number of thiophene rings is 1. The van der Waals surface area contributed by atoms with Crippen molar-refractivity contribution in [2.75, 3.05) is 0 Å². The third-order valence-corrected chi connectivity index (χ3v) is 11.1. The molecule has 204 valence electrons. The van der Waals surface area contributed by atoms with Gasteiger partial charge in [0.1, 0.15) is 6.07 Å². The molecule has 2 heterocycles. The van der Waals surface area contributed by atoms with Crippen LogP contribution in [0, 0.1) is 17.2 Å². The molecule has 2 aliphatic carbocycles. The lowest BCUT2D eigenvalue weighted by atomic mass is 9.74. The van der Waals surface area contributed by atoms with E-state index in [1.807, 2.05) is 23.5 Å². The van der Waals surface area contributed by atoms with Crippen molar-refractivity contribution in [1.29, 1.82) is 5.26 Å². The van der Waals surface area contributed by atoms with Gasteiger partial charge in [-0.05, 0) is 64.4 Å². The van der Waals surface area contributed by atoms with Crippen molar-refractivity contribution in [3.8, 4) is 22.9 Å². The average molecular weight is 569 g/mol. The molecule has 0 aliphatic heterocycles. The van der Waals surface area contributed by atoms with Crippen molar-refractivity contribution in [2.45, 2.75) is 25.2 Å². The van der Waals surface area contributed by atoms with Gasteiger partial charge in [-0.25, -0.2) is 0 Å². The molecule has 43 heavy (non-hydrogen) atoms. The third kappa shape index (κ3) is 3.33. The Kier molecular flexibility index (Phi) is 5.05. The van der Waals surface area contributed by atoms with E-state index in [4.69, 9.17) is 0 Å². The third-order valence-electron chi connectivity index (χ3n) is 9.94. The summed E-state index contributed by atoms with van der Waals surface area (Å²) in [6.07, 6.45) is 9.20. The summed E-state index contributed by atoms with van der Waals surface area (Å²) in [6, 6.07) is 37.4. The van der Waals surface area contributed by atoms with E-state index < -0.39 is 0 Å². The number of fused-ring (bicyclic) bond motifs is 9. The second-order valence-corrected chi connectivity index (χ2v) is 13.6. The van der Waals surface area contributed by atoms with Gasteiger partial charge in [0.15, 0.2) is 0 Å². The predicted octanol–water partition coefficient (Wildman–Crippen LogP) is 10.8. The van der Waals surface area contributed by atoms with E-state index in [1.165, 1.54) is 42.1 Å². The quantitative estimate of drug-likeness (QED) is 0.204. The molecule has 0 fully saturated rings. The smallest absolute Gasteiger partial charge is 0.101 e. The van der Waals surface area contributed by atoms with Crippen molar-refractivity contribution >= 4 is 53.3 Å². The summed E-state index contributed by atoms with van der Waals surface area (Å²) in [7, 11) is 0. The van der Waals surface area contributed by atoms with Crippen LogP contribution in [0.25, 0.3) is 58.8 Å². The average Bonchev–Trinajstić information content (AvgIpc) is 3.65. The van der Waals surface area contributed by atoms with Gasteiger partial charge in [-0.3, -0.25) is 0 Å². The van der Waals surface area contributed by atoms with Crippen LogP contribution in [0.5, 0.6) is 0 Å². The zero-order chi connectivity index (χ0) is 28.9. The van der Waals surface area contributed by atoms with E-state index in [0.29, 0.717) is 17.4 Å². The fraction of sp³-hybridized carbons (Fsp3) is 0.125. The summed E-state index contributed by atoms with van der Waals surface area (Å²) >= 11 is 1.88. The van der Waals surface area contributed by atoms with Gasteiger partial charge in [-0.1, -0.05) is 98.8 Å². The van der Waals surface area contributed by atoms with Crippen molar-refractivity contribution in [2.24, 2.45) is 5.92 Å². The maximum Gasteiger partial charge on any atom is 0.101 e. The molecule has 7 aromatic rings. The van der Waals surface area contributed by atoms with Crippen LogP contribution >= 0.6 is 11.3 Å². The van der Waals surface area contributed by atoms with Gasteiger partial charge < -0.3 is 4.57 Å². The Morgan fingerprint density at radius 3 is 2.21 bits per heavy atom. The Bertz CT molecular complexity index is 2350. The maximum absolute atomic E-state index is 10.3. The van der Waals surface area contributed by atoms with Gasteiger partial charge in [-0.15, -0.1) is 11.3 Å². The van der Waals surface area contributed by atoms with E-state index in [-0.39, 0.29) is 5.41 Å². The number of nitriles is 1. The van der Waals surface area contributed by atoms with Crippen LogP contribution in [0.3, 0.4) is 0 Å². The first-order valence-corrected chi connectivity index (χ1v) is 15.7. The van der Waals surface area contributed by atoms with E-state index in [0.717, 1.165) is 27.8 Å². The van der Waals surface area contributed by atoms with Crippen molar-refractivity contribution in [3.63, 3.8) is 0 Å². The van der Waals surface area contributed by atoms with Crippen molar-refractivity contribution < 1.29 is 0 Å². The number of benzene rings is 5. The molecule has 0 amide bonds. The van der Waals surface area contributed by atoms with Crippen LogP contribution in [-0.2, 0) is 5.41 Å². The minimum atomic E-state index is 0.103. The molecule has 0 saturated heterocycles. The minimum Gasteiger partial charge on any atom is -0.307 e. The molecule has 2 atom stereocenters. The molecule has 0 radical (unpaired) electrons. The number of para-hydroxylation sites is 3. The van der Waals surface area contributed by atoms with E-state index in [9.17, 15) is 5.26 Å². The fourth-order valence-electron chi connectivity index (χ4n) is 7.88. The van der Waals surface area contributed by atoms with Crippen LogP contribution in [0.1, 0.15) is 36.5 Å². The summed E-state index contributed by atoms with van der Waals surface area (Å²) in [4.78, 5) is 0. The van der Waals surface area contributed by atoms with Gasteiger partial charge >= 0.3 is 0 Å². The Labute approximate surface area is 254 Å². The monoisotopic (exact) mass is 568 g/mol. The van der Waals surface area contributed by atoms with Crippen LogP contribution in [0.15, 0.2) is 121 Å². The molecule has 2 aromatic heterocycles. The van der Waals surface area contributed by atoms with Crippen molar-refractivity contribution in [1.82, 2.24) is 4.57 Å². The molecule has 5 aromatic carbocycles. The zero-order valence-electron chi connectivity index (χ0n) is 24.0.